The Bertz CT molecular complexity index is 819. The molecule has 1 heterocycles. The van der Waals surface area contributed by atoms with Crippen LogP contribution in [0.1, 0.15) is 63.7 Å². The van der Waals surface area contributed by atoms with E-state index in [4.69, 9.17) is 0 Å². The Balaban J connectivity index is 1.49. The van der Waals surface area contributed by atoms with Gasteiger partial charge in [0.1, 0.15) is 0 Å². The minimum Gasteiger partial charge on any atom is -0.393 e. The molecule has 3 saturated carbocycles. The average molecular weight is 383 g/mol. The number of Topliss-reactive ketones (excluding diaryl/α,β-unsaturated/α-hetero) is 1. The molecule has 6 atom stereocenters. The Kier molecular flexibility index (Phi) is 4.07. The summed E-state index contributed by atoms with van der Waals surface area (Å²) < 4.78 is 0. The molecule has 0 spiro atoms. The molecule has 1 aromatic heterocycles. The minimum absolute atomic E-state index is 0.150. The van der Waals surface area contributed by atoms with Crippen molar-refractivity contribution in [1.82, 2.24) is 0 Å². The number of carbonyl (C=O) groups is 1. The van der Waals surface area contributed by atoms with E-state index in [0.717, 1.165) is 44.1 Å². The van der Waals surface area contributed by atoms with Crippen LogP contribution in [0.2, 0.25) is 0 Å². The van der Waals surface area contributed by atoms with Crippen molar-refractivity contribution in [2.75, 3.05) is 0 Å². The first-order valence-electron chi connectivity index (χ1n) is 10.6. The van der Waals surface area contributed by atoms with Crippen molar-refractivity contribution in [3.8, 4) is 0 Å². The van der Waals surface area contributed by atoms with Crippen LogP contribution in [0.3, 0.4) is 0 Å². The number of thiophene rings is 1. The summed E-state index contributed by atoms with van der Waals surface area (Å²) in [5.41, 5.74) is 2.64. The van der Waals surface area contributed by atoms with E-state index in [2.05, 4.69) is 43.5 Å². The van der Waals surface area contributed by atoms with Crippen molar-refractivity contribution in [1.29, 1.82) is 0 Å². The summed E-state index contributed by atoms with van der Waals surface area (Å²) in [6.07, 6.45) is 11.6. The van der Waals surface area contributed by atoms with Crippen molar-refractivity contribution in [2.45, 2.75) is 64.9 Å². The van der Waals surface area contributed by atoms with E-state index < -0.39 is 0 Å². The van der Waals surface area contributed by atoms with Gasteiger partial charge in [-0.05, 0) is 91.2 Å². The molecule has 27 heavy (non-hydrogen) atoms. The van der Waals surface area contributed by atoms with Gasteiger partial charge in [-0.25, -0.2) is 0 Å². The predicted octanol–water partition coefficient (Wildman–Crippen LogP) is 5.63. The molecule has 0 aromatic carbocycles. The lowest BCUT2D eigenvalue weighted by atomic mass is 9.48. The fraction of sp³-hybridized carbons (Fsp3) is 0.625. The Morgan fingerprint density at radius 1 is 1.15 bits per heavy atom. The first-order valence-corrected chi connectivity index (χ1v) is 11.5. The molecule has 0 aliphatic heterocycles. The van der Waals surface area contributed by atoms with Crippen molar-refractivity contribution >= 4 is 23.2 Å². The van der Waals surface area contributed by atoms with Gasteiger partial charge in [-0.3, -0.25) is 4.79 Å². The molecule has 0 bridgehead atoms. The molecule has 1 aromatic rings. The van der Waals surface area contributed by atoms with Crippen molar-refractivity contribution in [2.24, 2.45) is 28.6 Å². The standard InChI is InChI=1S/C24H30O2S/c1-23-9-7-17(25)14-16(23)5-6-19-20(23)8-10-24(2)21(19)13-15(22(24)26)12-18-4-3-11-27-18/h3-5,11-12,17,19-21,25H,6-10,13-14H2,1-2H3/t17-,19+,20+,21-,23+,24+/m1/s1. The van der Waals surface area contributed by atoms with Gasteiger partial charge >= 0.3 is 0 Å². The van der Waals surface area contributed by atoms with E-state index in [-0.39, 0.29) is 16.9 Å². The fourth-order valence-corrected chi connectivity index (χ4v) is 7.67. The van der Waals surface area contributed by atoms with E-state index in [1.54, 1.807) is 11.3 Å². The highest BCUT2D eigenvalue weighted by Crippen LogP contribution is 2.64. The number of hydrogen-bond donors (Lipinski definition) is 1. The molecule has 0 radical (unpaired) electrons. The molecule has 5 rings (SSSR count). The van der Waals surface area contributed by atoms with Crippen LogP contribution in [0.25, 0.3) is 6.08 Å². The molecule has 0 amide bonds. The highest BCUT2D eigenvalue weighted by atomic mass is 32.1. The van der Waals surface area contributed by atoms with Crippen molar-refractivity contribution in [3.63, 3.8) is 0 Å². The summed E-state index contributed by atoms with van der Waals surface area (Å²) in [6, 6.07) is 4.18. The number of rotatable bonds is 1. The normalized spacial score (nSPS) is 45.2. The quantitative estimate of drug-likeness (QED) is 0.504. The summed E-state index contributed by atoms with van der Waals surface area (Å²) in [4.78, 5) is 14.6. The van der Waals surface area contributed by atoms with Gasteiger partial charge in [0.15, 0.2) is 5.78 Å². The van der Waals surface area contributed by atoms with E-state index in [0.29, 0.717) is 23.5 Å². The molecule has 144 valence electrons. The molecule has 3 heteroatoms. The van der Waals surface area contributed by atoms with Crippen molar-refractivity contribution in [3.05, 3.63) is 39.6 Å². The van der Waals surface area contributed by atoms with E-state index in [9.17, 15) is 9.90 Å². The maximum absolute atomic E-state index is 13.4. The number of ketones is 1. The van der Waals surface area contributed by atoms with Crippen LogP contribution in [0.4, 0.5) is 0 Å². The van der Waals surface area contributed by atoms with E-state index >= 15 is 0 Å². The maximum Gasteiger partial charge on any atom is 0.165 e. The number of aliphatic hydroxyl groups is 1. The molecular weight excluding hydrogens is 352 g/mol. The second kappa shape index (κ2) is 6.15. The van der Waals surface area contributed by atoms with Gasteiger partial charge in [-0.15, -0.1) is 11.3 Å². The van der Waals surface area contributed by atoms with Crippen LogP contribution in [-0.4, -0.2) is 17.0 Å². The number of fused-ring (bicyclic) bond motifs is 5. The topological polar surface area (TPSA) is 37.3 Å². The molecule has 0 unspecified atom stereocenters. The summed E-state index contributed by atoms with van der Waals surface area (Å²) in [5, 5.41) is 12.2. The van der Waals surface area contributed by atoms with Gasteiger partial charge in [0.2, 0.25) is 0 Å². The summed E-state index contributed by atoms with van der Waals surface area (Å²) >= 11 is 1.72. The predicted molar refractivity (Wildman–Crippen MR) is 110 cm³/mol. The highest BCUT2D eigenvalue weighted by molar-refractivity contribution is 7.10. The van der Waals surface area contributed by atoms with E-state index in [1.807, 2.05) is 0 Å². The number of hydrogen-bond acceptors (Lipinski definition) is 3. The smallest absolute Gasteiger partial charge is 0.165 e. The number of carbonyl (C=O) groups excluding carboxylic acids is 1. The third-order valence-corrected chi connectivity index (χ3v) is 9.40. The summed E-state index contributed by atoms with van der Waals surface area (Å²) in [7, 11) is 0. The Hall–Kier alpha value is -1.19. The number of allylic oxidation sites excluding steroid dienone is 2. The monoisotopic (exact) mass is 382 g/mol. The van der Waals surface area contributed by atoms with Crippen LogP contribution in [0.15, 0.2) is 34.7 Å². The number of aliphatic hydroxyl groups excluding tert-OH is 1. The fourth-order valence-electron chi connectivity index (χ4n) is 6.99. The Labute approximate surface area is 166 Å². The lowest BCUT2D eigenvalue weighted by molar-refractivity contribution is -0.130. The second-order valence-corrected chi connectivity index (χ2v) is 10.8. The largest absolute Gasteiger partial charge is 0.393 e. The SMILES string of the molecule is C[C@]12CC[C@@H](O)CC1=CC[C@@H]1[C@H]3CC(=Cc4cccs4)C(=O)[C@@]3(C)CC[C@@H]12. The van der Waals surface area contributed by atoms with Gasteiger partial charge in [-0.1, -0.05) is 31.6 Å². The van der Waals surface area contributed by atoms with Crippen LogP contribution < -0.4 is 0 Å². The maximum atomic E-state index is 13.4. The zero-order chi connectivity index (χ0) is 18.8. The van der Waals surface area contributed by atoms with Gasteiger partial charge in [0.25, 0.3) is 0 Å². The summed E-state index contributed by atoms with van der Waals surface area (Å²) in [6.45, 7) is 4.70. The van der Waals surface area contributed by atoms with Gasteiger partial charge in [0, 0.05) is 10.3 Å². The zero-order valence-electron chi connectivity index (χ0n) is 16.4. The van der Waals surface area contributed by atoms with Gasteiger partial charge in [0.05, 0.1) is 6.10 Å². The molecule has 4 aliphatic carbocycles. The van der Waals surface area contributed by atoms with Crippen LogP contribution >= 0.6 is 11.3 Å². The molecular formula is C24H30O2S. The minimum atomic E-state index is -0.167. The molecule has 2 nitrogen and oxygen atoms in total. The van der Waals surface area contributed by atoms with Crippen molar-refractivity contribution < 1.29 is 9.90 Å². The van der Waals surface area contributed by atoms with E-state index in [1.165, 1.54) is 16.9 Å². The van der Waals surface area contributed by atoms with Crippen LogP contribution in [0, 0.1) is 28.6 Å². The average Bonchev–Trinajstić information content (AvgIpc) is 3.24. The lowest BCUT2D eigenvalue weighted by Crippen LogP contribution is -2.50. The second-order valence-electron chi connectivity index (χ2n) is 9.83. The Morgan fingerprint density at radius 2 is 1.96 bits per heavy atom. The molecule has 4 aliphatic rings. The summed E-state index contributed by atoms with van der Waals surface area (Å²) in [5.74, 6) is 2.19. The Morgan fingerprint density at radius 3 is 2.74 bits per heavy atom. The van der Waals surface area contributed by atoms with Crippen LogP contribution in [0.5, 0.6) is 0 Å². The van der Waals surface area contributed by atoms with Crippen LogP contribution in [-0.2, 0) is 4.79 Å². The lowest BCUT2D eigenvalue weighted by Gasteiger charge is -2.56. The zero-order valence-corrected chi connectivity index (χ0v) is 17.2. The molecule has 0 saturated heterocycles. The first kappa shape index (κ1) is 17.9. The third-order valence-electron chi connectivity index (χ3n) is 8.58. The highest BCUT2D eigenvalue weighted by Gasteiger charge is 2.59. The molecule has 3 fully saturated rings. The van der Waals surface area contributed by atoms with Gasteiger partial charge < -0.3 is 5.11 Å². The first-order chi connectivity index (χ1) is 12.9. The third kappa shape index (κ3) is 2.57. The van der Waals surface area contributed by atoms with Gasteiger partial charge in [-0.2, -0.15) is 0 Å². The molecule has 1 N–H and O–H groups in total.